The zero-order valence-corrected chi connectivity index (χ0v) is 5.74. The second kappa shape index (κ2) is 2.68. The number of hydrogen-bond acceptors (Lipinski definition) is 3. The van der Waals surface area contributed by atoms with Crippen molar-refractivity contribution >= 4 is 12.4 Å². The highest BCUT2D eigenvalue weighted by Crippen LogP contribution is 2.15. The largest absolute Gasteiger partial charge is 0.444 e. The van der Waals surface area contributed by atoms with Crippen molar-refractivity contribution in [2.75, 3.05) is 7.05 Å². The molecule has 4 nitrogen and oxygen atoms in total. The Balaban J connectivity index is 2.48. The van der Waals surface area contributed by atoms with Crippen molar-refractivity contribution in [3.05, 3.63) is 0 Å². The third-order valence-electron chi connectivity index (χ3n) is 1.64. The Kier molecular flexibility index (Phi) is 1.89. The molecule has 1 rings (SSSR count). The predicted octanol–water partition coefficient (Wildman–Crippen LogP) is -0.262. The lowest BCUT2D eigenvalue weighted by atomic mass is 10.4. The van der Waals surface area contributed by atoms with E-state index >= 15 is 0 Å². The van der Waals surface area contributed by atoms with E-state index in [1.165, 1.54) is 4.90 Å². The van der Waals surface area contributed by atoms with Gasteiger partial charge in [0.15, 0.2) is 6.23 Å². The number of carbonyl (C=O) groups is 2. The first-order valence-electron chi connectivity index (χ1n) is 3.10. The van der Waals surface area contributed by atoms with Crippen LogP contribution in [0.4, 0.5) is 0 Å². The number of amides is 1. The summed E-state index contributed by atoms with van der Waals surface area (Å²) in [6, 6.07) is 0. The number of likely N-dealkylation sites (tertiary alicyclic amines) is 1. The number of carbonyl (C=O) groups excluding carboxylic acids is 2. The standard InChI is InChI=1S/C6H9NO3/c1-7-5(9)2-3-6(7)10-4-8/h4,6H,2-3H2,1H3/t6-/m1/s1. The fourth-order valence-electron chi connectivity index (χ4n) is 1.00. The van der Waals surface area contributed by atoms with Gasteiger partial charge in [-0.2, -0.15) is 0 Å². The van der Waals surface area contributed by atoms with Gasteiger partial charge in [-0.25, -0.2) is 0 Å². The van der Waals surface area contributed by atoms with Gasteiger partial charge in [-0.3, -0.25) is 9.59 Å². The molecule has 56 valence electrons. The van der Waals surface area contributed by atoms with Crippen LogP contribution >= 0.6 is 0 Å². The van der Waals surface area contributed by atoms with E-state index in [1.54, 1.807) is 7.05 Å². The molecule has 0 N–H and O–H groups in total. The van der Waals surface area contributed by atoms with Gasteiger partial charge in [0.1, 0.15) is 0 Å². The summed E-state index contributed by atoms with van der Waals surface area (Å²) >= 11 is 0. The van der Waals surface area contributed by atoms with Crippen LogP contribution in [0.15, 0.2) is 0 Å². The van der Waals surface area contributed by atoms with Crippen molar-refractivity contribution in [2.45, 2.75) is 19.1 Å². The van der Waals surface area contributed by atoms with Crippen molar-refractivity contribution in [2.24, 2.45) is 0 Å². The summed E-state index contributed by atoms with van der Waals surface area (Å²) in [5, 5.41) is 0. The maximum absolute atomic E-state index is 10.8. The Bertz CT molecular complexity index is 157. The van der Waals surface area contributed by atoms with Crippen molar-refractivity contribution in [3.8, 4) is 0 Å². The SMILES string of the molecule is CN1C(=O)CC[C@H]1OC=O. The summed E-state index contributed by atoms with van der Waals surface area (Å²) in [6.45, 7) is 0.375. The summed E-state index contributed by atoms with van der Waals surface area (Å²) in [5.74, 6) is 0.0341. The first-order chi connectivity index (χ1) is 4.75. The summed E-state index contributed by atoms with van der Waals surface area (Å²) in [4.78, 5) is 22.1. The molecule has 0 aliphatic carbocycles. The molecule has 1 fully saturated rings. The van der Waals surface area contributed by atoms with Crippen molar-refractivity contribution in [1.82, 2.24) is 4.90 Å². The maximum Gasteiger partial charge on any atom is 0.295 e. The van der Waals surface area contributed by atoms with Crippen molar-refractivity contribution in [1.29, 1.82) is 0 Å². The van der Waals surface area contributed by atoms with Crippen LogP contribution in [0.1, 0.15) is 12.8 Å². The molecule has 1 atom stereocenters. The highest BCUT2D eigenvalue weighted by molar-refractivity contribution is 5.78. The molecule has 0 saturated carbocycles. The molecular weight excluding hydrogens is 134 g/mol. The summed E-state index contributed by atoms with van der Waals surface area (Å²) < 4.78 is 4.61. The predicted molar refractivity (Wildman–Crippen MR) is 32.9 cm³/mol. The minimum absolute atomic E-state index is 0.0341. The van der Waals surface area contributed by atoms with Crippen LogP contribution in [-0.2, 0) is 14.3 Å². The Morgan fingerprint density at radius 2 is 2.50 bits per heavy atom. The van der Waals surface area contributed by atoms with E-state index in [9.17, 15) is 9.59 Å². The minimum atomic E-state index is -0.329. The molecule has 1 heterocycles. The van der Waals surface area contributed by atoms with Crippen molar-refractivity contribution < 1.29 is 14.3 Å². The number of ether oxygens (including phenoxy) is 1. The Morgan fingerprint density at radius 3 is 2.90 bits per heavy atom. The molecule has 0 unspecified atom stereocenters. The number of rotatable bonds is 2. The average Bonchev–Trinajstić information content (AvgIpc) is 2.20. The lowest BCUT2D eigenvalue weighted by molar-refractivity contribution is -0.145. The fourth-order valence-corrected chi connectivity index (χ4v) is 1.00. The quantitative estimate of drug-likeness (QED) is 0.500. The van der Waals surface area contributed by atoms with Gasteiger partial charge in [0.25, 0.3) is 6.47 Å². The van der Waals surface area contributed by atoms with Gasteiger partial charge < -0.3 is 9.64 Å². The molecule has 0 aromatic carbocycles. The highest BCUT2D eigenvalue weighted by Gasteiger charge is 2.28. The first-order valence-corrected chi connectivity index (χ1v) is 3.10. The third kappa shape index (κ3) is 1.10. The molecule has 1 aliphatic heterocycles. The molecule has 0 radical (unpaired) electrons. The van der Waals surface area contributed by atoms with E-state index < -0.39 is 0 Å². The lowest BCUT2D eigenvalue weighted by Crippen LogP contribution is -2.30. The highest BCUT2D eigenvalue weighted by atomic mass is 16.5. The van der Waals surface area contributed by atoms with E-state index in [4.69, 9.17) is 0 Å². The van der Waals surface area contributed by atoms with Gasteiger partial charge >= 0.3 is 0 Å². The van der Waals surface area contributed by atoms with Crippen LogP contribution in [0.25, 0.3) is 0 Å². The third-order valence-corrected chi connectivity index (χ3v) is 1.64. The smallest absolute Gasteiger partial charge is 0.295 e. The van der Waals surface area contributed by atoms with Gasteiger partial charge in [-0.1, -0.05) is 0 Å². The lowest BCUT2D eigenvalue weighted by Gasteiger charge is -2.16. The van der Waals surface area contributed by atoms with Crippen LogP contribution in [0.2, 0.25) is 0 Å². The average molecular weight is 143 g/mol. The minimum Gasteiger partial charge on any atom is -0.444 e. The molecule has 10 heavy (non-hydrogen) atoms. The zero-order chi connectivity index (χ0) is 7.56. The summed E-state index contributed by atoms with van der Waals surface area (Å²) in [5.41, 5.74) is 0. The molecule has 1 amide bonds. The van der Waals surface area contributed by atoms with Gasteiger partial charge in [0.05, 0.1) is 0 Å². The van der Waals surface area contributed by atoms with Crippen LogP contribution in [0.5, 0.6) is 0 Å². The van der Waals surface area contributed by atoms with Crippen LogP contribution < -0.4 is 0 Å². The normalized spacial score (nSPS) is 25.1. The van der Waals surface area contributed by atoms with Crippen LogP contribution in [0, 0.1) is 0 Å². The van der Waals surface area contributed by atoms with E-state index in [2.05, 4.69) is 4.74 Å². The second-order valence-electron chi connectivity index (χ2n) is 2.23. The van der Waals surface area contributed by atoms with Crippen molar-refractivity contribution in [3.63, 3.8) is 0 Å². The Labute approximate surface area is 58.8 Å². The van der Waals surface area contributed by atoms with E-state index in [0.29, 0.717) is 19.3 Å². The molecule has 1 saturated heterocycles. The van der Waals surface area contributed by atoms with Gasteiger partial charge in [0.2, 0.25) is 5.91 Å². The fraction of sp³-hybridized carbons (Fsp3) is 0.667. The zero-order valence-electron chi connectivity index (χ0n) is 5.74. The Hall–Kier alpha value is -1.06. The molecule has 1 aliphatic rings. The topological polar surface area (TPSA) is 46.6 Å². The summed E-state index contributed by atoms with van der Waals surface area (Å²) in [6.07, 6.45) is 0.772. The second-order valence-corrected chi connectivity index (χ2v) is 2.23. The molecule has 0 aromatic heterocycles. The maximum atomic E-state index is 10.8. The molecule has 0 spiro atoms. The number of nitrogens with zero attached hydrogens (tertiary/aromatic N) is 1. The first kappa shape index (κ1) is 7.05. The van der Waals surface area contributed by atoms with E-state index in [0.717, 1.165) is 0 Å². The van der Waals surface area contributed by atoms with Gasteiger partial charge in [0, 0.05) is 19.9 Å². The summed E-state index contributed by atoms with van der Waals surface area (Å²) in [7, 11) is 1.63. The van der Waals surface area contributed by atoms with E-state index in [-0.39, 0.29) is 12.1 Å². The monoisotopic (exact) mass is 143 g/mol. The van der Waals surface area contributed by atoms with Crippen LogP contribution in [0.3, 0.4) is 0 Å². The van der Waals surface area contributed by atoms with Gasteiger partial charge in [-0.15, -0.1) is 0 Å². The molecule has 0 bridgehead atoms. The van der Waals surface area contributed by atoms with Crippen LogP contribution in [-0.4, -0.2) is 30.6 Å². The molecular formula is C6H9NO3. The number of hydrogen-bond donors (Lipinski definition) is 0. The van der Waals surface area contributed by atoms with Gasteiger partial charge in [-0.05, 0) is 0 Å². The molecule has 0 aromatic rings. The van der Waals surface area contributed by atoms with E-state index in [1.807, 2.05) is 0 Å². The Morgan fingerprint density at radius 1 is 1.80 bits per heavy atom. The molecule has 4 heteroatoms.